The number of aryl methyl sites for hydroxylation is 2. The molecule has 1 fully saturated rings. The Morgan fingerprint density at radius 2 is 2.08 bits per heavy atom. The fraction of sp³-hybridized carbons (Fsp3) is 0.400. The second-order valence-electron chi connectivity index (χ2n) is 7.25. The topological polar surface area (TPSA) is 71.5 Å². The van der Waals surface area contributed by atoms with Crippen LogP contribution in [0.5, 0.6) is 0 Å². The van der Waals surface area contributed by atoms with Crippen molar-refractivity contribution in [2.45, 2.75) is 26.0 Å². The Labute approximate surface area is 151 Å². The first-order chi connectivity index (χ1) is 12.5. The molecule has 0 saturated carbocycles. The van der Waals surface area contributed by atoms with E-state index in [4.69, 9.17) is 4.52 Å². The van der Waals surface area contributed by atoms with Crippen LogP contribution in [-0.2, 0) is 20.0 Å². The zero-order valence-corrected chi connectivity index (χ0v) is 15.1. The normalized spacial score (nSPS) is 20.9. The molecule has 3 aromatic rings. The average Bonchev–Trinajstić information content (AvgIpc) is 3.18. The molecule has 3 heterocycles. The highest BCUT2D eigenvalue weighted by molar-refractivity contribution is 5.79. The molecule has 0 bridgehead atoms. The fourth-order valence-electron chi connectivity index (χ4n) is 3.89. The molecule has 1 aliphatic rings. The summed E-state index contributed by atoms with van der Waals surface area (Å²) in [6.07, 6.45) is 0.235. The number of nitrogens with zero attached hydrogens (tertiary/aromatic N) is 3. The molecular formula is C20H23N3O3. The van der Waals surface area contributed by atoms with E-state index in [1.165, 1.54) is 0 Å². The predicted molar refractivity (Wildman–Crippen MR) is 98.9 cm³/mol. The number of pyridine rings is 1. The molecule has 0 radical (unpaired) electrons. The summed E-state index contributed by atoms with van der Waals surface area (Å²) in [4.78, 5) is 14.8. The van der Waals surface area contributed by atoms with Gasteiger partial charge < -0.3 is 14.2 Å². The summed E-state index contributed by atoms with van der Waals surface area (Å²) in [5.74, 6) is 0.890. The summed E-state index contributed by atoms with van der Waals surface area (Å²) < 4.78 is 6.98. The molecular weight excluding hydrogens is 330 g/mol. The number of fused-ring (bicyclic) bond motifs is 1. The Morgan fingerprint density at radius 3 is 2.85 bits per heavy atom. The zero-order valence-electron chi connectivity index (χ0n) is 15.1. The first-order valence-electron chi connectivity index (χ1n) is 8.91. The standard InChI is InChI=1S/C20H23N3O3/c1-13-7-17(26-21-13)9-15-10-23(12-19(15)24)11-16-8-14-5-3-4-6-18(14)22(2)20(16)25/h3-8,15,19,24H,9-12H2,1-2H3/t15-,19+/m1/s1. The van der Waals surface area contributed by atoms with Crippen molar-refractivity contribution in [3.05, 3.63) is 63.8 Å². The van der Waals surface area contributed by atoms with Crippen molar-refractivity contribution in [2.24, 2.45) is 13.0 Å². The van der Waals surface area contributed by atoms with Gasteiger partial charge >= 0.3 is 0 Å². The van der Waals surface area contributed by atoms with E-state index in [1.807, 2.05) is 50.4 Å². The second-order valence-corrected chi connectivity index (χ2v) is 7.25. The summed E-state index contributed by atoms with van der Waals surface area (Å²) in [7, 11) is 1.81. The van der Waals surface area contributed by atoms with Crippen molar-refractivity contribution in [2.75, 3.05) is 13.1 Å². The number of rotatable bonds is 4. The van der Waals surface area contributed by atoms with E-state index < -0.39 is 6.10 Å². The van der Waals surface area contributed by atoms with Crippen LogP contribution in [0.25, 0.3) is 10.9 Å². The SMILES string of the molecule is Cc1cc(C[C@@H]2CN(Cc3cc4ccccc4n(C)c3=O)C[C@@H]2O)on1. The van der Waals surface area contributed by atoms with Crippen molar-refractivity contribution in [1.82, 2.24) is 14.6 Å². The number of β-amino-alcohol motifs (C(OH)–C–C–N with tert-alkyl or cyclic N) is 1. The van der Waals surface area contributed by atoms with Crippen molar-refractivity contribution in [3.63, 3.8) is 0 Å². The third-order valence-corrected chi connectivity index (χ3v) is 5.22. The number of hydrogen-bond acceptors (Lipinski definition) is 5. The first kappa shape index (κ1) is 17.0. The van der Waals surface area contributed by atoms with E-state index in [1.54, 1.807) is 4.57 Å². The molecule has 4 rings (SSSR count). The maximum Gasteiger partial charge on any atom is 0.255 e. The highest BCUT2D eigenvalue weighted by Gasteiger charge is 2.32. The minimum atomic E-state index is -0.426. The number of aliphatic hydroxyl groups is 1. The molecule has 6 nitrogen and oxygen atoms in total. The van der Waals surface area contributed by atoms with E-state index in [2.05, 4.69) is 10.1 Å². The molecule has 6 heteroatoms. The Hall–Kier alpha value is -2.44. The lowest BCUT2D eigenvalue weighted by Crippen LogP contribution is -2.28. The molecule has 0 amide bonds. The highest BCUT2D eigenvalue weighted by Crippen LogP contribution is 2.23. The number of aliphatic hydroxyl groups excluding tert-OH is 1. The van der Waals surface area contributed by atoms with E-state index in [0.717, 1.165) is 34.5 Å². The molecule has 1 aliphatic heterocycles. The summed E-state index contributed by atoms with van der Waals surface area (Å²) in [5.41, 5.74) is 2.56. The van der Waals surface area contributed by atoms with Gasteiger partial charge in [-0.2, -0.15) is 0 Å². The predicted octanol–water partition coefficient (Wildman–Crippen LogP) is 1.87. The van der Waals surface area contributed by atoms with Crippen LogP contribution in [0.1, 0.15) is 17.0 Å². The van der Waals surface area contributed by atoms with Crippen LogP contribution in [0.15, 0.2) is 45.7 Å². The number of hydrogen-bond donors (Lipinski definition) is 1. The number of benzene rings is 1. The zero-order chi connectivity index (χ0) is 18.3. The Balaban J connectivity index is 1.52. The lowest BCUT2D eigenvalue weighted by Gasteiger charge is -2.16. The van der Waals surface area contributed by atoms with Crippen LogP contribution < -0.4 is 5.56 Å². The van der Waals surface area contributed by atoms with E-state index in [-0.39, 0.29) is 11.5 Å². The van der Waals surface area contributed by atoms with Crippen molar-refractivity contribution in [1.29, 1.82) is 0 Å². The highest BCUT2D eigenvalue weighted by atomic mass is 16.5. The van der Waals surface area contributed by atoms with Gasteiger partial charge in [0, 0.05) is 50.7 Å². The Morgan fingerprint density at radius 1 is 1.27 bits per heavy atom. The Kier molecular flexibility index (Phi) is 4.38. The largest absolute Gasteiger partial charge is 0.391 e. The van der Waals surface area contributed by atoms with E-state index >= 15 is 0 Å². The monoisotopic (exact) mass is 353 g/mol. The lowest BCUT2D eigenvalue weighted by atomic mass is 10.0. The number of likely N-dealkylation sites (tertiary alicyclic amines) is 1. The summed E-state index contributed by atoms with van der Waals surface area (Å²) in [6, 6.07) is 11.8. The molecule has 2 atom stereocenters. The van der Waals surface area contributed by atoms with Crippen LogP contribution in [-0.4, -0.2) is 38.9 Å². The maximum atomic E-state index is 12.7. The van der Waals surface area contributed by atoms with Gasteiger partial charge in [0.25, 0.3) is 5.56 Å². The van der Waals surface area contributed by atoms with Crippen molar-refractivity contribution in [3.8, 4) is 0 Å². The maximum absolute atomic E-state index is 12.7. The fourth-order valence-corrected chi connectivity index (χ4v) is 3.89. The minimum Gasteiger partial charge on any atom is -0.391 e. The first-order valence-corrected chi connectivity index (χ1v) is 8.91. The van der Waals surface area contributed by atoms with Crippen LogP contribution in [0.4, 0.5) is 0 Å². The van der Waals surface area contributed by atoms with Gasteiger partial charge in [0.1, 0.15) is 5.76 Å². The second kappa shape index (κ2) is 6.70. The molecule has 26 heavy (non-hydrogen) atoms. The molecule has 2 aromatic heterocycles. The third-order valence-electron chi connectivity index (χ3n) is 5.22. The van der Waals surface area contributed by atoms with Gasteiger partial charge in [-0.05, 0) is 24.4 Å². The van der Waals surface area contributed by atoms with Crippen molar-refractivity contribution < 1.29 is 9.63 Å². The van der Waals surface area contributed by atoms with Gasteiger partial charge in [0.05, 0.1) is 17.3 Å². The third kappa shape index (κ3) is 3.18. The van der Waals surface area contributed by atoms with Crippen LogP contribution in [0.2, 0.25) is 0 Å². The number of aromatic nitrogens is 2. The quantitative estimate of drug-likeness (QED) is 0.775. The van der Waals surface area contributed by atoms with Gasteiger partial charge in [0.2, 0.25) is 0 Å². The minimum absolute atomic E-state index is 0.0208. The van der Waals surface area contributed by atoms with Gasteiger partial charge in [-0.3, -0.25) is 9.69 Å². The van der Waals surface area contributed by atoms with Gasteiger partial charge in [-0.1, -0.05) is 23.4 Å². The molecule has 1 saturated heterocycles. The van der Waals surface area contributed by atoms with Crippen LogP contribution in [0, 0.1) is 12.8 Å². The van der Waals surface area contributed by atoms with E-state index in [0.29, 0.717) is 19.5 Å². The lowest BCUT2D eigenvalue weighted by molar-refractivity contribution is 0.137. The van der Waals surface area contributed by atoms with Crippen LogP contribution in [0.3, 0.4) is 0 Å². The van der Waals surface area contributed by atoms with Gasteiger partial charge in [-0.15, -0.1) is 0 Å². The molecule has 0 unspecified atom stereocenters. The molecule has 136 valence electrons. The van der Waals surface area contributed by atoms with E-state index in [9.17, 15) is 9.90 Å². The molecule has 1 N–H and O–H groups in total. The Bertz CT molecular complexity index is 991. The number of para-hydroxylation sites is 1. The molecule has 1 aromatic carbocycles. The summed E-state index contributed by atoms with van der Waals surface area (Å²) in [5, 5.41) is 15.4. The summed E-state index contributed by atoms with van der Waals surface area (Å²) in [6.45, 7) is 3.73. The molecule has 0 aliphatic carbocycles. The van der Waals surface area contributed by atoms with Gasteiger partial charge in [-0.25, -0.2) is 0 Å². The smallest absolute Gasteiger partial charge is 0.255 e. The average molecular weight is 353 g/mol. The van der Waals surface area contributed by atoms with Crippen LogP contribution >= 0.6 is 0 Å². The van der Waals surface area contributed by atoms with Gasteiger partial charge in [0.15, 0.2) is 0 Å². The van der Waals surface area contributed by atoms with Crippen molar-refractivity contribution >= 4 is 10.9 Å². The summed E-state index contributed by atoms with van der Waals surface area (Å²) >= 11 is 0. The molecule has 0 spiro atoms.